The first-order chi connectivity index (χ1) is 59.1. The molecule has 0 N–H and O–H groups in total. The zero-order valence-electron chi connectivity index (χ0n) is 70.3. The van der Waals surface area contributed by atoms with Crippen molar-refractivity contribution in [2.24, 2.45) is 0 Å². The Bertz CT molecular complexity index is 8150. The Morgan fingerprint density at radius 3 is 0.885 bits per heavy atom. The summed E-state index contributed by atoms with van der Waals surface area (Å²) >= 11 is 0. The van der Waals surface area contributed by atoms with Gasteiger partial charge in [0.15, 0.2) is 0 Å². The molecule has 10 heteroatoms. The summed E-state index contributed by atoms with van der Waals surface area (Å²) in [7, 11) is 0. The number of nitrogens with zero attached hydrogens (tertiary/aromatic N) is 10. The SMILES string of the molecule is CC(C)(C)c1ccc2c(c1)c1cc(C(C)(C)C)ccc1n2-c1cc(C#N)c(-c2ccncc2)cc1-n1c2ccc(C(C)(C)C)cc2c2cc(C(C)(C)Cc3ccc4c(c3)c3ccccc3n4-c3ccc4c5ccccc5n(-c5cc(C#N)c(-c6ccncc6)cc5-n5c6ccccc6c6ccc(-n7c8ccccc8c8ccccc87)cc65)c4c3)ccc21. The van der Waals surface area contributed by atoms with Crippen molar-refractivity contribution in [3.05, 3.63) is 361 Å². The second-order valence-electron chi connectivity index (χ2n) is 37.1. The number of hydrogen-bond acceptors (Lipinski definition) is 4. The van der Waals surface area contributed by atoms with Crippen molar-refractivity contribution < 1.29 is 0 Å². The first-order valence-electron chi connectivity index (χ1n) is 42.3. The highest BCUT2D eigenvalue weighted by Gasteiger charge is 2.31. The largest absolute Gasteiger partial charge is 0.309 e. The van der Waals surface area contributed by atoms with E-state index in [1.54, 1.807) is 0 Å². The summed E-state index contributed by atoms with van der Waals surface area (Å²) in [6.07, 6.45) is 8.02. The molecule has 0 aliphatic rings. The normalized spacial score (nSPS) is 12.6. The van der Waals surface area contributed by atoms with Crippen LogP contribution in [0.1, 0.15) is 115 Å². The fraction of sp³-hybridized carbons (Fsp3) is 0.143. The molecule has 8 aromatic heterocycles. The lowest BCUT2D eigenvalue weighted by atomic mass is 9.78. The highest BCUT2D eigenvalue weighted by Crippen LogP contribution is 2.49. The van der Waals surface area contributed by atoms with Crippen LogP contribution in [-0.4, -0.2) is 37.4 Å². The second kappa shape index (κ2) is 27.1. The molecule has 8 heterocycles. The smallest absolute Gasteiger partial charge is 0.0998 e. The molecule has 10 nitrogen and oxygen atoms in total. The molecular weight excluding hydrogens is 1490 g/mol. The fourth-order valence-corrected chi connectivity index (χ4v) is 19.9. The van der Waals surface area contributed by atoms with Crippen LogP contribution in [0.5, 0.6) is 0 Å². The minimum absolute atomic E-state index is 0.0858. The van der Waals surface area contributed by atoms with Crippen LogP contribution >= 0.6 is 0 Å². The van der Waals surface area contributed by atoms with E-state index in [9.17, 15) is 10.5 Å². The third-order valence-electron chi connectivity index (χ3n) is 26.1. The van der Waals surface area contributed by atoms with Crippen molar-refractivity contribution in [3.8, 4) is 68.5 Å². The number of benzene rings is 14. The maximum Gasteiger partial charge on any atom is 0.0998 e. The molecule has 0 bridgehead atoms. The Kier molecular flexibility index (Phi) is 16.3. The predicted octanol–water partition coefficient (Wildman–Crippen LogP) is 28.5. The van der Waals surface area contributed by atoms with Gasteiger partial charge in [0.1, 0.15) is 0 Å². The minimum Gasteiger partial charge on any atom is -0.309 e. The molecule has 0 spiro atoms. The average molecular weight is 1570 g/mol. The number of rotatable bonds is 11. The molecule has 0 unspecified atom stereocenters. The molecule has 0 fully saturated rings. The molecule has 0 saturated carbocycles. The minimum atomic E-state index is -0.349. The van der Waals surface area contributed by atoms with E-state index in [0.29, 0.717) is 11.1 Å². The van der Waals surface area contributed by atoms with Gasteiger partial charge in [0.05, 0.1) is 112 Å². The van der Waals surface area contributed by atoms with Crippen molar-refractivity contribution in [1.29, 1.82) is 10.5 Å². The summed E-state index contributed by atoms with van der Waals surface area (Å²) in [6, 6.07) is 115. The predicted molar refractivity (Wildman–Crippen MR) is 508 cm³/mol. The first kappa shape index (κ1) is 73.5. The number of nitriles is 2. The molecule has 0 saturated heterocycles. The topological polar surface area (TPSA) is 103 Å². The lowest BCUT2D eigenvalue weighted by Crippen LogP contribution is -2.20. The zero-order valence-corrected chi connectivity index (χ0v) is 70.3. The quantitative estimate of drug-likeness (QED) is 0.129. The number of fused-ring (bicyclic) bond motifs is 18. The monoisotopic (exact) mass is 1570 g/mol. The van der Waals surface area contributed by atoms with Gasteiger partial charge in [-0.25, -0.2) is 0 Å². The maximum atomic E-state index is 11.5. The van der Waals surface area contributed by atoms with Crippen LogP contribution in [0.2, 0.25) is 0 Å². The lowest BCUT2D eigenvalue weighted by Gasteiger charge is -2.26. The highest BCUT2D eigenvalue weighted by atomic mass is 15.1. The van der Waals surface area contributed by atoms with Crippen LogP contribution in [0.4, 0.5) is 0 Å². The standard InChI is InChI=1S/C112H88N10/c1-109(2,3)73-33-42-99-89(57-73)90-58-74(110(4,5)6)34-43-100(90)119(99)105-55-71(66-113)86(69-46-50-115-51-47-69)63-107(105)120-101-44-35-75(111(7,8)9)59-91(101)92-60-76(36-45-102(92)120)112(10,11)65-68-32-41-98-88(54-68)83-26-16-19-29-95(83)118(98)78-38-40-84-81-24-14-20-30-96(81)121(103(84)62-78)106-56-72(67-114)87(70-48-52-116-53-49-70)64-108(106)122-97-31-21-15-25-82(97)85-39-37-77(61-104(85)122)117-93-27-17-12-22-79(93)80-23-13-18-28-94(80)117/h12-64H,65H2,1-11H3. The van der Waals surface area contributed by atoms with Gasteiger partial charge in [-0.2, -0.15) is 10.5 Å². The molecule has 0 atom stereocenters. The molecule has 122 heavy (non-hydrogen) atoms. The van der Waals surface area contributed by atoms with E-state index >= 15 is 0 Å². The van der Waals surface area contributed by atoms with Crippen LogP contribution in [0.15, 0.2) is 322 Å². The van der Waals surface area contributed by atoms with Crippen molar-refractivity contribution in [2.45, 2.75) is 104 Å². The molecule has 586 valence electrons. The molecular formula is C112H88N10. The second-order valence-corrected chi connectivity index (χ2v) is 37.1. The van der Waals surface area contributed by atoms with E-state index in [2.05, 4.69) is 399 Å². The van der Waals surface area contributed by atoms with E-state index in [4.69, 9.17) is 0 Å². The van der Waals surface area contributed by atoms with Gasteiger partial charge in [-0.15, -0.1) is 0 Å². The number of pyridine rings is 2. The van der Waals surface area contributed by atoms with Crippen molar-refractivity contribution in [3.63, 3.8) is 0 Å². The molecule has 22 aromatic rings. The lowest BCUT2D eigenvalue weighted by molar-refractivity contribution is 0.523. The number of hydrogen-bond donors (Lipinski definition) is 0. The van der Waals surface area contributed by atoms with Crippen molar-refractivity contribution >= 4 is 131 Å². The average Bonchev–Trinajstić information content (AvgIpc) is 1.55. The zero-order chi connectivity index (χ0) is 83.1. The highest BCUT2D eigenvalue weighted by molar-refractivity contribution is 6.17. The summed E-state index contributed by atoms with van der Waals surface area (Å²) in [4.78, 5) is 8.89. The summed E-state index contributed by atoms with van der Waals surface area (Å²) in [5.74, 6) is 0. The molecule has 0 radical (unpaired) electrons. The van der Waals surface area contributed by atoms with Gasteiger partial charge in [0.25, 0.3) is 0 Å². The van der Waals surface area contributed by atoms with Crippen LogP contribution in [-0.2, 0) is 28.1 Å². The van der Waals surface area contributed by atoms with Crippen LogP contribution in [0.25, 0.3) is 187 Å². The van der Waals surface area contributed by atoms with E-state index < -0.39 is 0 Å². The van der Waals surface area contributed by atoms with Gasteiger partial charge in [-0.1, -0.05) is 210 Å². The third kappa shape index (κ3) is 11.4. The van der Waals surface area contributed by atoms with Crippen molar-refractivity contribution in [2.75, 3.05) is 0 Å². The molecule has 0 aliphatic heterocycles. The van der Waals surface area contributed by atoms with Gasteiger partial charge in [0, 0.05) is 112 Å². The Balaban J connectivity index is 0.696. The van der Waals surface area contributed by atoms with E-state index in [0.717, 1.165) is 151 Å². The van der Waals surface area contributed by atoms with Gasteiger partial charge in [-0.3, -0.25) is 9.97 Å². The van der Waals surface area contributed by atoms with Crippen LogP contribution in [0, 0.1) is 22.7 Å². The Labute approximate surface area is 707 Å². The summed E-state index contributed by atoms with van der Waals surface area (Å²) < 4.78 is 14.6. The summed E-state index contributed by atoms with van der Waals surface area (Å²) in [5.41, 5.74) is 29.0. The Hall–Kier alpha value is -14.8. The van der Waals surface area contributed by atoms with E-state index in [1.807, 2.05) is 49.1 Å². The van der Waals surface area contributed by atoms with Crippen LogP contribution in [0.3, 0.4) is 0 Å². The molecule has 0 amide bonds. The van der Waals surface area contributed by atoms with Gasteiger partial charge in [0.2, 0.25) is 0 Å². The Morgan fingerprint density at radius 1 is 0.246 bits per heavy atom. The van der Waals surface area contributed by atoms with Crippen molar-refractivity contribution in [1.82, 2.24) is 37.4 Å². The number of para-hydroxylation sites is 5. The molecule has 14 aromatic carbocycles. The summed E-state index contributed by atoms with van der Waals surface area (Å²) in [5, 5.41) is 36.8. The van der Waals surface area contributed by atoms with Gasteiger partial charge in [-0.05, 0) is 231 Å². The number of aromatic nitrogens is 8. The molecule has 0 aliphatic carbocycles. The van der Waals surface area contributed by atoms with Gasteiger partial charge >= 0.3 is 0 Å². The molecule has 22 rings (SSSR count). The Morgan fingerprint density at radius 2 is 0.525 bits per heavy atom. The fourth-order valence-electron chi connectivity index (χ4n) is 19.9. The third-order valence-corrected chi connectivity index (χ3v) is 26.1. The van der Waals surface area contributed by atoms with E-state index in [1.165, 1.54) is 70.9 Å². The van der Waals surface area contributed by atoms with Gasteiger partial charge < -0.3 is 27.4 Å². The maximum absolute atomic E-state index is 11.5. The first-order valence-corrected chi connectivity index (χ1v) is 42.3. The van der Waals surface area contributed by atoms with E-state index in [-0.39, 0.29) is 21.7 Å². The summed E-state index contributed by atoms with van der Waals surface area (Å²) in [6.45, 7) is 25.4. The van der Waals surface area contributed by atoms with Crippen LogP contribution < -0.4 is 0 Å².